The highest BCUT2D eigenvalue weighted by Gasteiger charge is 2.18. The Morgan fingerprint density at radius 2 is 1.81 bits per heavy atom. The second-order valence-electron chi connectivity index (χ2n) is 5.01. The lowest BCUT2D eigenvalue weighted by Gasteiger charge is -2.36. The summed E-state index contributed by atoms with van der Waals surface area (Å²) in [6, 6.07) is 5.91. The fraction of sp³-hybridized carbons (Fsp3) is 0.533. The van der Waals surface area contributed by atoms with Gasteiger partial charge in [0.15, 0.2) is 11.5 Å². The van der Waals surface area contributed by atoms with E-state index in [-0.39, 0.29) is 6.42 Å². The van der Waals surface area contributed by atoms with E-state index in [9.17, 15) is 4.79 Å². The lowest BCUT2D eigenvalue weighted by Crippen LogP contribution is -2.46. The van der Waals surface area contributed by atoms with Crippen LogP contribution in [-0.2, 0) is 4.79 Å². The van der Waals surface area contributed by atoms with Gasteiger partial charge < -0.3 is 19.5 Å². The van der Waals surface area contributed by atoms with Gasteiger partial charge in [0.2, 0.25) is 0 Å². The number of benzene rings is 1. The van der Waals surface area contributed by atoms with Gasteiger partial charge in [-0.15, -0.1) is 0 Å². The standard InChI is InChI=1S/C15H22N2O4/c1-20-13-4-3-12(11-14(13)21-2)17-9-7-16(8-10-17)6-5-15(18)19/h3-4,11H,5-10H2,1-2H3,(H,18,19). The molecule has 0 saturated carbocycles. The van der Waals surface area contributed by atoms with Crippen LogP contribution < -0.4 is 14.4 Å². The highest BCUT2D eigenvalue weighted by molar-refractivity contribution is 5.66. The van der Waals surface area contributed by atoms with Gasteiger partial charge in [-0.05, 0) is 12.1 Å². The molecule has 1 N–H and O–H groups in total. The van der Waals surface area contributed by atoms with Gasteiger partial charge in [-0.2, -0.15) is 0 Å². The highest BCUT2D eigenvalue weighted by atomic mass is 16.5. The first-order chi connectivity index (χ1) is 10.1. The first-order valence-corrected chi connectivity index (χ1v) is 7.05. The zero-order valence-electron chi connectivity index (χ0n) is 12.5. The molecule has 1 heterocycles. The molecule has 2 rings (SSSR count). The van der Waals surface area contributed by atoms with E-state index < -0.39 is 5.97 Å². The van der Waals surface area contributed by atoms with Gasteiger partial charge in [-0.3, -0.25) is 9.69 Å². The molecule has 1 aromatic rings. The van der Waals surface area contributed by atoms with E-state index in [2.05, 4.69) is 9.80 Å². The van der Waals surface area contributed by atoms with Crippen LogP contribution in [0.2, 0.25) is 0 Å². The third kappa shape index (κ3) is 4.01. The van der Waals surface area contributed by atoms with Crippen LogP contribution in [0.5, 0.6) is 11.5 Å². The number of carboxylic acid groups (broad SMARTS) is 1. The van der Waals surface area contributed by atoms with Gasteiger partial charge in [0.05, 0.1) is 20.6 Å². The van der Waals surface area contributed by atoms with Gasteiger partial charge in [-0.1, -0.05) is 0 Å². The molecule has 6 nitrogen and oxygen atoms in total. The molecule has 0 atom stereocenters. The van der Waals surface area contributed by atoms with Crippen molar-refractivity contribution in [3.05, 3.63) is 18.2 Å². The van der Waals surface area contributed by atoms with E-state index in [0.29, 0.717) is 6.54 Å². The summed E-state index contributed by atoms with van der Waals surface area (Å²) in [6.45, 7) is 4.14. The molecule has 116 valence electrons. The molecule has 0 radical (unpaired) electrons. The highest BCUT2D eigenvalue weighted by Crippen LogP contribution is 2.31. The number of hydrogen-bond acceptors (Lipinski definition) is 5. The second kappa shape index (κ2) is 7.17. The Morgan fingerprint density at radius 1 is 1.14 bits per heavy atom. The minimum Gasteiger partial charge on any atom is -0.493 e. The number of piperazine rings is 1. The number of aliphatic carboxylic acids is 1. The second-order valence-corrected chi connectivity index (χ2v) is 5.01. The molecule has 21 heavy (non-hydrogen) atoms. The van der Waals surface area contributed by atoms with E-state index >= 15 is 0 Å². The lowest BCUT2D eigenvalue weighted by atomic mass is 10.2. The number of hydrogen-bond donors (Lipinski definition) is 1. The smallest absolute Gasteiger partial charge is 0.304 e. The summed E-state index contributed by atoms with van der Waals surface area (Å²) in [5.41, 5.74) is 1.10. The van der Waals surface area contributed by atoms with Crippen molar-refractivity contribution in [3.63, 3.8) is 0 Å². The van der Waals surface area contributed by atoms with Crippen molar-refractivity contribution in [1.82, 2.24) is 4.90 Å². The summed E-state index contributed by atoms with van der Waals surface area (Å²) in [5, 5.41) is 8.72. The molecule has 1 fully saturated rings. The Balaban J connectivity index is 1.94. The number of rotatable bonds is 6. The van der Waals surface area contributed by atoms with Gasteiger partial charge in [0.25, 0.3) is 0 Å². The van der Waals surface area contributed by atoms with Crippen molar-refractivity contribution < 1.29 is 19.4 Å². The Hall–Kier alpha value is -1.95. The molecule has 0 spiro atoms. The van der Waals surface area contributed by atoms with Crippen LogP contribution >= 0.6 is 0 Å². The Bertz CT molecular complexity index is 485. The zero-order valence-corrected chi connectivity index (χ0v) is 12.5. The van der Waals surface area contributed by atoms with Gasteiger partial charge in [-0.25, -0.2) is 0 Å². The van der Waals surface area contributed by atoms with E-state index in [0.717, 1.165) is 43.4 Å². The predicted molar refractivity (Wildman–Crippen MR) is 80.5 cm³/mol. The van der Waals surface area contributed by atoms with Crippen molar-refractivity contribution in [2.75, 3.05) is 51.8 Å². The Morgan fingerprint density at radius 3 is 2.38 bits per heavy atom. The minimum atomic E-state index is -0.739. The van der Waals surface area contributed by atoms with Crippen LogP contribution in [0.25, 0.3) is 0 Å². The van der Waals surface area contributed by atoms with E-state index in [1.807, 2.05) is 18.2 Å². The SMILES string of the molecule is COc1ccc(N2CCN(CCC(=O)O)CC2)cc1OC. The maximum Gasteiger partial charge on any atom is 0.304 e. The number of nitrogens with zero attached hydrogens (tertiary/aromatic N) is 2. The van der Waals surface area contributed by atoms with Crippen LogP contribution in [0.1, 0.15) is 6.42 Å². The number of methoxy groups -OCH3 is 2. The van der Waals surface area contributed by atoms with Crippen LogP contribution in [0.4, 0.5) is 5.69 Å². The van der Waals surface area contributed by atoms with Crippen molar-refractivity contribution in [3.8, 4) is 11.5 Å². The summed E-state index contributed by atoms with van der Waals surface area (Å²) in [5.74, 6) is 0.710. The first-order valence-electron chi connectivity index (χ1n) is 7.05. The van der Waals surface area contributed by atoms with Gasteiger partial charge in [0, 0.05) is 44.5 Å². The zero-order chi connectivity index (χ0) is 15.2. The van der Waals surface area contributed by atoms with Crippen molar-refractivity contribution >= 4 is 11.7 Å². The fourth-order valence-corrected chi connectivity index (χ4v) is 2.51. The number of anilines is 1. The Labute approximate surface area is 124 Å². The van der Waals surface area contributed by atoms with Gasteiger partial charge in [0.1, 0.15) is 0 Å². The van der Waals surface area contributed by atoms with E-state index in [1.54, 1.807) is 14.2 Å². The third-order valence-electron chi connectivity index (χ3n) is 3.75. The molecule has 0 amide bonds. The molecule has 1 aliphatic rings. The van der Waals surface area contributed by atoms with Gasteiger partial charge >= 0.3 is 5.97 Å². The summed E-state index contributed by atoms with van der Waals surface area (Å²) >= 11 is 0. The number of ether oxygens (including phenoxy) is 2. The monoisotopic (exact) mass is 294 g/mol. The quantitative estimate of drug-likeness (QED) is 0.853. The molecule has 0 unspecified atom stereocenters. The molecular formula is C15H22N2O4. The lowest BCUT2D eigenvalue weighted by molar-refractivity contribution is -0.137. The maximum atomic E-state index is 10.6. The fourth-order valence-electron chi connectivity index (χ4n) is 2.51. The van der Waals surface area contributed by atoms with Crippen molar-refractivity contribution in [1.29, 1.82) is 0 Å². The molecule has 0 bridgehead atoms. The third-order valence-corrected chi connectivity index (χ3v) is 3.75. The molecule has 0 aromatic heterocycles. The molecule has 1 aliphatic heterocycles. The largest absolute Gasteiger partial charge is 0.493 e. The summed E-state index contributed by atoms with van der Waals surface area (Å²) in [7, 11) is 3.25. The average molecular weight is 294 g/mol. The molecule has 1 aromatic carbocycles. The molecule has 6 heteroatoms. The van der Waals surface area contributed by atoms with E-state index in [4.69, 9.17) is 14.6 Å². The minimum absolute atomic E-state index is 0.205. The van der Waals surface area contributed by atoms with E-state index in [1.165, 1.54) is 0 Å². The van der Waals surface area contributed by atoms with Crippen LogP contribution in [0.15, 0.2) is 18.2 Å². The maximum absolute atomic E-state index is 10.6. The molecule has 0 aliphatic carbocycles. The normalized spacial score (nSPS) is 15.8. The average Bonchev–Trinajstić information content (AvgIpc) is 2.52. The topological polar surface area (TPSA) is 62.2 Å². The number of carbonyl (C=O) groups is 1. The molecule has 1 saturated heterocycles. The summed E-state index contributed by atoms with van der Waals surface area (Å²) in [6.07, 6.45) is 0.205. The van der Waals surface area contributed by atoms with Crippen LogP contribution in [-0.4, -0.2) is 62.9 Å². The summed E-state index contributed by atoms with van der Waals surface area (Å²) in [4.78, 5) is 15.1. The summed E-state index contributed by atoms with van der Waals surface area (Å²) < 4.78 is 10.6. The van der Waals surface area contributed by atoms with Crippen molar-refractivity contribution in [2.24, 2.45) is 0 Å². The predicted octanol–water partition coefficient (Wildman–Crippen LogP) is 1.30. The number of carboxylic acids is 1. The van der Waals surface area contributed by atoms with Crippen LogP contribution in [0, 0.1) is 0 Å². The molecular weight excluding hydrogens is 272 g/mol. The van der Waals surface area contributed by atoms with Crippen molar-refractivity contribution in [2.45, 2.75) is 6.42 Å². The Kier molecular flexibility index (Phi) is 5.27. The first kappa shape index (κ1) is 15.4. The van der Waals surface area contributed by atoms with Crippen LogP contribution in [0.3, 0.4) is 0 Å².